The van der Waals surface area contributed by atoms with Crippen molar-refractivity contribution in [2.75, 3.05) is 18.8 Å². The predicted molar refractivity (Wildman–Crippen MR) is 98.6 cm³/mol. The number of nitrogens with zero attached hydrogens (tertiary/aromatic N) is 4. The molecular formula is C19H18F2N4OS. The van der Waals surface area contributed by atoms with Crippen LogP contribution < -0.4 is 0 Å². The fourth-order valence-corrected chi connectivity index (χ4v) is 4.18. The molecule has 0 saturated carbocycles. The smallest absolute Gasteiger partial charge is 0.232 e. The van der Waals surface area contributed by atoms with E-state index in [9.17, 15) is 13.6 Å². The number of halogens is 2. The lowest BCUT2D eigenvalue weighted by Crippen LogP contribution is -2.40. The van der Waals surface area contributed by atoms with Crippen LogP contribution in [0.5, 0.6) is 0 Å². The van der Waals surface area contributed by atoms with Gasteiger partial charge in [0.2, 0.25) is 5.91 Å². The Labute approximate surface area is 159 Å². The molecule has 1 aliphatic rings. The van der Waals surface area contributed by atoms with Crippen molar-refractivity contribution in [3.05, 3.63) is 60.1 Å². The van der Waals surface area contributed by atoms with Crippen molar-refractivity contribution in [3.8, 4) is 0 Å². The minimum Gasteiger partial charge on any atom is -0.341 e. The van der Waals surface area contributed by atoms with E-state index < -0.39 is 11.6 Å². The number of hydrogen-bond acceptors (Lipinski definition) is 4. The lowest BCUT2D eigenvalue weighted by atomic mass is 9.97. The molecule has 1 aliphatic heterocycles. The van der Waals surface area contributed by atoms with Crippen LogP contribution in [0.3, 0.4) is 0 Å². The Morgan fingerprint density at radius 3 is 2.93 bits per heavy atom. The van der Waals surface area contributed by atoms with Crippen molar-refractivity contribution in [2.24, 2.45) is 0 Å². The molecule has 3 aromatic rings. The molecule has 8 heteroatoms. The topological polar surface area (TPSA) is 50.5 Å². The van der Waals surface area contributed by atoms with Gasteiger partial charge < -0.3 is 4.90 Å². The number of pyridine rings is 1. The normalized spacial score (nSPS) is 17.4. The first-order chi connectivity index (χ1) is 13.1. The van der Waals surface area contributed by atoms with Crippen molar-refractivity contribution in [1.82, 2.24) is 19.5 Å². The van der Waals surface area contributed by atoms with E-state index in [1.807, 2.05) is 33.7 Å². The highest BCUT2D eigenvalue weighted by Crippen LogP contribution is 2.27. The first kappa shape index (κ1) is 17.9. The molecule has 140 valence electrons. The van der Waals surface area contributed by atoms with Crippen LogP contribution in [0.1, 0.15) is 24.6 Å². The highest BCUT2D eigenvalue weighted by Gasteiger charge is 2.27. The van der Waals surface area contributed by atoms with Crippen molar-refractivity contribution in [3.63, 3.8) is 0 Å². The second-order valence-corrected chi connectivity index (χ2v) is 7.58. The van der Waals surface area contributed by atoms with E-state index in [1.165, 1.54) is 17.8 Å². The molecule has 3 heterocycles. The number of fused-ring (bicyclic) bond motifs is 1. The number of thioether (sulfide) groups is 1. The zero-order valence-corrected chi connectivity index (χ0v) is 15.3. The maximum absolute atomic E-state index is 13.3. The van der Waals surface area contributed by atoms with E-state index in [1.54, 1.807) is 0 Å². The molecule has 1 aromatic carbocycles. The van der Waals surface area contributed by atoms with Crippen LogP contribution in [-0.2, 0) is 4.79 Å². The van der Waals surface area contributed by atoms with Gasteiger partial charge in [0.15, 0.2) is 17.3 Å². The summed E-state index contributed by atoms with van der Waals surface area (Å²) in [5, 5.41) is 8.51. The maximum Gasteiger partial charge on any atom is 0.232 e. The van der Waals surface area contributed by atoms with Crippen LogP contribution >= 0.6 is 11.8 Å². The van der Waals surface area contributed by atoms with Crippen LogP contribution in [-0.4, -0.2) is 44.2 Å². The summed E-state index contributed by atoms with van der Waals surface area (Å²) in [5.41, 5.74) is 0.796. The summed E-state index contributed by atoms with van der Waals surface area (Å²) < 4.78 is 28.3. The standard InChI is InChI=1S/C19H18F2N4OS/c20-15-7-6-14(10-16(15)21)27-12-18(26)24-8-3-4-13(11-24)19-23-22-17-5-1-2-9-25(17)19/h1-2,5-7,9-10,13H,3-4,8,11-12H2. The fourth-order valence-electron chi connectivity index (χ4n) is 3.36. The number of amides is 1. The Bertz CT molecular complexity index is 977. The Balaban J connectivity index is 1.41. The van der Waals surface area contributed by atoms with Crippen LogP contribution in [0.4, 0.5) is 8.78 Å². The van der Waals surface area contributed by atoms with Gasteiger partial charge in [0.1, 0.15) is 5.82 Å². The van der Waals surface area contributed by atoms with Gasteiger partial charge in [0.25, 0.3) is 0 Å². The Morgan fingerprint density at radius 2 is 2.07 bits per heavy atom. The van der Waals surface area contributed by atoms with Gasteiger partial charge in [-0.15, -0.1) is 22.0 Å². The predicted octanol–water partition coefficient (Wildman–Crippen LogP) is 3.51. The van der Waals surface area contributed by atoms with Crippen molar-refractivity contribution < 1.29 is 13.6 Å². The Hall–Kier alpha value is -2.48. The van der Waals surface area contributed by atoms with Gasteiger partial charge in [-0.3, -0.25) is 9.20 Å². The van der Waals surface area contributed by atoms with Gasteiger partial charge in [-0.25, -0.2) is 8.78 Å². The molecule has 0 radical (unpaired) electrons. The number of rotatable bonds is 4. The van der Waals surface area contributed by atoms with E-state index in [0.29, 0.717) is 18.0 Å². The Kier molecular flexibility index (Phi) is 5.07. The largest absolute Gasteiger partial charge is 0.341 e. The number of likely N-dealkylation sites (tertiary alicyclic amines) is 1. The SMILES string of the molecule is O=C(CSc1ccc(F)c(F)c1)N1CCCC(c2nnc3ccccn23)C1. The number of benzene rings is 1. The number of hydrogen-bond donors (Lipinski definition) is 0. The summed E-state index contributed by atoms with van der Waals surface area (Å²) in [6.45, 7) is 1.29. The van der Waals surface area contributed by atoms with Crippen LogP contribution in [0.2, 0.25) is 0 Å². The zero-order valence-electron chi connectivity index (χ0n) is 14.5. The summed E-state index contributed by atoms with van der Waals surface area (Å²) in [7, 11) is 0. The van der Waals surface area contributed by atoms with E-state index in [0.717, 1.165) is 36.4 Å². The molecule has 0 bridgehead atoms. The lowest BCUT2D eigenvalue weighted by molar-refractivity contribution is -0.129. The second-order valence-electron chi connectivity index (χ2n) is 6.53. The number of piperidine rings is 1. The van der Waals surface area contributed by atoms with E-state index in [-0.39, 0.29) is 17.6 Å². The minimum atomic E-state index is -0.899. The molecule has 4 rings (SSSR count). The summed E-state index contributed by atoms with van der Waals surface area (Å²) >= 11 is 1.22. The first-order valence-electron chi connectivity index (χ1n) is 8.77. The molecular weight excluding hydrogens is 370 g/mol. The van der Waals surface area contributed by atoms with Crippen molar-refractivity contribution in [2.45, 2.75) is 23.7 Å². The van der Waals surface area contributed by atoms with Gasteiger partial charge >= 0.3 is 0 Å². The molecule has 2 aromatic heterocycles. The number of aromatic nitrogens is 3. The van der Waals surface area contributed by atoms with Gasteiger partial charge in [-0.1, -0.05) is 6.07 Å². The van der Waals surface area contributed by atoms with Crippen molar-refractivity contribution >= 4 is 23.3 Å². The summed E-state index contributed by atoms with van der Waals surface area (Å²) in [6, 6.07) is 9.44. The molecule has 1 fully saturated rings. The highest BCUT2D eigenvalue weighted by atomic mass is 32.2. The molecule has 0 N–H and O–H groups in total. The summed E-state index contributed by atoms with van der Waals surface area (Å²) in [5.74, 6) is -0.597. The molecule has 0 spiro atoms. The van der Waals surface area contributed by atoms with Crippen LogP contribution in [0, 0.1) is 11.6 Å². The monoisotopic (exact) mass is 388 g/mol. The third kappa shape index (κ3) is 3.80. The average Bonchev–Trinajstić information content (AvgIpc) is 3.13. The van der Waals surface area contributed by atoms with Crippen LogP contribution in [0.25, 0.3) is 5.65 Å². The molecule has 1 unspecified atom stereocenters. The molecule has 1 saturated heterocycles. The quantitative estimate of drug-likeness (QED) is 0.642. The number of carbonyl (C=O) groups is 1. The van der Waals surface area contributed by atoms with E-state index in [2.05, 4.69) is 10.2 Å². The number of carbonyl (C=O) groups excluding carboxylic acids is 1. The molecule has 5 nitrogen and oxygen atoms in total. The third-order valence-corrected chi connectivity index (χ3v) is 5.71. The first-order valence-corrected chi connectivity index (χ1v) is 9.75. The molecule has 27 heavy (non-hydrogen) atoms. The van der Waals surface area contributed by atoms with E-state index in [4.69, 9.17) is 0 Å². The molecule has 1 amide bonds. The lowest BCUT2D eigenvalue weighted by Gasteiger charge is -2.32. The van der Waals surface area contributed by atoms with Crippen molar-refractivity contribution in [1.29, 1.82) is 0 Å². The second kappa shape index (κ2) is 7.64. The summed E-state index contributed by atoms with van der Waals surface area (Å²) in [6.07, 6.45) is 3.79. The Morgan fingerprint density at radius 1 is 1.19 bits per heavy atom. The van der Waals surface area contributed by atoms with Gasteiger partial charge in [0, 0.05) is 30.1 Å². The van der Waals surface area contributed by atoms with Gasteiger partial charge in [-0.05, 0) is 43.2 Å². The minimum absolute atomic E-state index is 0.0109. The van der Waals surface area contributed by atoms with Crippen LogP contribution in [0.15, 0.2) is 47.5 Å². The van der Waals surface area contributed by atoms with E-state index >= 15 is 0 Å². The molecule has 0 aliphatic carbocycles. The summed E-state index contributed by atoms with van der Waals surface area (Å²) in [4.78, 5) is 15.0. The van der Waals surface area contributed by atoms with Gasteiger partial charge in [0.05, 0.1) is 5.75 Å². The third-order valence-electron chi connectivity index (χ3n) is 4.73. The maximum atomic E-state index is 13.3. The fraction of sp³-hybridized carbons (Fsp3) is 0.316. The highest BCUT2D eigenvalue weighted by molar-refractivity contribution is 8.00. The average molecular weight is 388 g/mol. The zero-order chi connectivity index (χ0) is 18.8. The molecule has 1 atom stereocenters. The van der Waals surface area contributed by atoms with Gasteiger partial charge in [-0.2, -0.15) is 0 Å².